The first-order chi connectivity index (χ1) is 12.8. The van der Waals surface area contributed by atoms with Gasteiger partial charge in [0.05, 0.1) is 13.1 Å². The summed E-state index contributed by atoms with van der Waals surface area (Å²) < 4.78 is 14.0. The number of anilines is 2. The molecule has 1 N–H and O–H groups in total. The van der Waals surface area contributed by atoms with Crippen molar-refractivity contribution < 1.29 is 14.0 Å². The van der Waals surface area contributed by atoms with Crippen LogP contribution >= 0.6 is 15.9 Å². The number of nitrogens with one attached hydrogen (secondary N) is 1. The fraction of sp³-hybridized carbons (Fsp3) is 0.300. The number of nitrogens with zero attached hydrogens (tertiary/aromatic N) is 2. The molecular weight excluding hydrogens is 413 g/mol. The summed E-state index contributed by atoms with van der Waals surface area (Å²) >= 11 is 3.39. The summed E-state index contributed by atoms with van der Waals surface area (Å²) in [5, 5.41) is 2.85. The molecule has 0 unspecified atom stereocenters. The first-order valence-corrected chi connectivity index (χ1v) is 9.40. The molecule has 2 amide bonds. The average Bonchev–Trinajstić information content (AvgIpc) is 2.59. The minimum Gasteiger partial charge on any atom is -0.325 e. The highest BCUT2D eigenvalue weighted by Gasteiger charge is 2.17. The van der Waals surface area contributed by atoms with Gasteiger partial charge < -0.3 is 10.2 Å². The van der Waals surface area contributed by atoms with Gasteiger partial charge in [-0.05, 0) is 68.9 Å². The van der Waals surface area contributed by atoms with Gasteiger partial charge in [0, 0.05) is 22.4 Å². The second kappa shape index (κ2) is 9.62. The molecule has 0 saturated carbocycles. The number of hydrogen-bond acceptors (Lipinski definition) is 3. The molecule has 5 nitrogen and oxygen atoms in total. The van der Waals surface area contributed by atoms with Gasteiger partial charge in [-0.2, -0.15) is 0 Å². The van der Waals surface area contributed by atoms with Crippen LogP contribution in [-0.2, 0) is 9.59 Å². The Kier molecular flexibility index (Phi) is 7.50. The lowest BCUT2D eigenvalue weighted by Crippen LogP contribution is -2.41. The molecular formula is C20H23BrFN3O2. The standard InChI is InChI=1S/C20H23BrFN3O2/c1-4-25(17-8-6-16(22)7-9-17)20(27)13-24(3)12-19(26)23-18-10-5-15(21)11-14(18)2/h5-11H,4,12-13H2,1-3H3,(H,23,26). The van der Waals surface area contributed by atoms with Crippen LogP contribution in [0.4, 0.5) is 15.8 Å². The third kappa shape index (κ3) is 6.15. The molecule has 0 bridgehead atoms. The highest BCUT2D eigenvalue weighted by Crippen LogP contribution is 2.20. The van der Waals surface area contributed by atoms with E-state index in [9.17, 15) is 14.0 Å². The topological polar surface area (TPSA) is 52.7 Å². The Balaban J connectivity index is 1.93. The van der Waals surface area contributed by atoms with E-state index < -0.39 is 0 Å². The number of hydrogen-bond donors (Lipinski definition) is 1. The number of benzene rings is 2. The van der Waals surface area contributed by atoms with E-state index in [0.29, 0.717) is 12.2 Å². The second-order valence-corrected chi connectivity index (χ2v) is 7.21. The first kappa shape index (κ1) is 21.1. The smallest absolute Gasteiger partial charge is 0.241 e. The third-order valence-corrected chi connectivity index (χ3v) is 4.53. The van der Waals surface area contributed by atoms with Gasteiger partial charge in [-0.1, -0.05) is 15.9 Å². The lowest BCUT2D eigenvalue weighted by Gasteiger charge is -2.24. The van der Waals surface area contributed by atoms with Gasteiger partial charge in [0.2, 0.25) is 11.8 Å². The lowest BCUT2D eigenvalue weighted by molar-refractivity contribution is -0.121. The van der Waals surface area contributed by atoms with Crippen molar-refractivity contribution in [2.45, 2.75) is 13.8 Å². The number of halogens is 2. The average molecular weight is 436 g/mol. The fourth-order valence-corrected chi connectivity index (χ4v) is 3.17. The highest BCUT2D eigenvalue weighted by atomic mass is 79.9. The molecule has 0 radical (unpaired) electrons. The molecule has 0 atom stereocenters. The van der Waals surface area contributed by atoms with Crippen LogP contribution in [0.5, 0.6) is 0 Å². The molecule has 0 spiro atoms. The van der Waals surface area contributed by atoms with Gasteiger partial charge in [-0.15, -0.1) is 0 Å². The van der Waals surface area contributed by atoms with Crippen molar-refractivity contribution in [2.24, 2.45) is 0 Å². The van der Waals surface area contributed by atoms with Crippen molar-refractivity contribution in [3.05, 3.63) is 58.3 Å². The Labute approximate surface area is 167 Å². The van der Waals surface area contributed by atoms with Crippen LogP contribution in [0.15, 0.2) is 46.9 Å². The summed E-state index contributed by atoms with van der Waals surface area (Å²) in [6.07, 6.45) is 0. The van der Waals surface area contributed by atoms with E-state index in [2.05, 4.69) is 21.2 Å². The number of likely N-dealkylation sites (N-methyl/N-ethyl adjacent to an activating group) is 2. The summed E-state index contributed by atoms with van der Waals surface area (Å²) in [5.74, 6) is -0.695. The van der Waals surface area contributed by atoms with Crippen LogP contribution < -0.4 is 10.2 Å². The molecule has 0 aliphatic rings. The number of carbonyl (C=O) groups is 2. The molecule has 0 fully saturated rings. The number of aryl methyl sites for hydroxylation is 1. The molecule has 0 aliphatic heterocycles. The SMILES string of the molecule is CCN(C(=O)CN(C)CC(=O)Nc1ccc(Br)cc1C)c1ccc(F)cc1. The lowest BCUT2D eigenvalue weighted by atomic mass is 10.2. The zero-order valence-corrected chi connectivity index (χ0v) is 17.2. The highest BCUT2D eigenvalue weighted by molar-refractivity contribution is 9.10. The Morgan fingerprint density at radius 2 is 1.78 bits per heavy atom. The normalized spacial score (nSPS) is 10.7. The quantitative estimate of drug-likeness (QED) is 0.718. The van der Waals surface area contributed by atoms with E-state index in [-0.39, 0.29) is 30.7 Å². The van der Waals surface area contributed by atoms with E-state index in [1.807, 2.05) is 32.0 Å². The van der Waals surface area contributed by atoms with Gasteiger partial charge >= 0.3 is 0 Å². The van der Waals surface area contributed by atoms with Gasteiger partial charge in [0.15, 0.2) is 0 Å². The van der Waals surface area contributed by atoms with E-state index in [1.165, 1.54) is 12.1 Å². The molecule has 144 valence electrons. The van der Waals surface area contributed by atoms with Gasteiger partial charge in [0.25, 0.3) is 0 Å². The Morgan fingerprint density at radius 1 is 1.11 bits per heavy atom. The summed E-state index contributed by atoms with van der Waals surface area (Å²) in [6.45, 7) is 4.39. The molecule has 27 heavy (non-hydrogen) atoms. The minimum atomic E-state index is -0.348. The van der Waals surface area contributed by atoms with Gasteiger partial charge in [-0.25, -0.2) is 4.39 Å². The maximum Gasteiger partial charge on any atom is 0.241 e. The second-order valence-electron chi connectivity index (χ2n) is 6.29. The number of carbonyl (C=O) groups excluding carboxylic acids is 2. The van der Waals surface area contributed by atoms with E-state index in [1.54, 1.807) is 29.0 Å². The Hall–Kier alpha value is -2.25. The maximum absolute atomic E-state index is 13.1. The van der Waals surface area contributed by atoms with Crippen molar-refractivity contribution in [2.75, 3.05) is 36.9 Å². The third-order valence-electron chi connectivity index (χ3n) is 4.04. The van der Waals surface area contributed by atoms with Gasteiger partial charge in [0.1, 0.15) is 5.82 Å². The molecule has 0 heterocycles. The van der Waals surface area contributed by atoms with Crippen molar-refractivity contribution in [3.63, 3.8) is 0 Å². The Bertz CT molecular complexity index is 811. The molecule has 2 aromatic rings. The predicted octanol–water partition coefficient (Wildman–Crippen LogP) is 3.82. The fourth-order valence-electron chi connectivity index (χ4n) is 2.70. The van der Waals surface area contributed by atoms with Crippen molar-refractivity contribution >= 4 is 39.1 Å². The van der Waals surface area contributed by atoms with Crippen LogP contribution in [-0.4, -0.2) is 43.4 Å². The molecule has 0 saturated heterocycles. The largest absolute Gasteiger partial charge is 0.325 e. The molecule has 2 aromatic carbocycles. The van der Waals surface area contributed by atoms with Crippen molar-refractivity contribution in [1.82, 2.24) is 4.90 Å². The van der Waals surface area contributed by atoms with E-state index >= 15 is 0 Å². The van der Waals surface area contributed by atoms with E-state index in [0.717, 1.165) is 15.7 Å². The summed E-state index contributed by atoms with van der Waals surface area (Å²) in [6, 6.07) is 11.4. The van der Waals surface area contributed by atoms with Crippen LogP contribution in [0.3, 0.4) is 0 Å². The molecule has 0 aliphatic carbocycles. The Morgan fingerprint density at radius 3 is 2.37 bits per heavy atom. The first-order valence-electron chi connectivity index (χ1n) is 8.60. The molecule has 0 aromatic heterocycles. The van der Waals surface area contributed by atoms with Crippen LogP contribution in [0.1, 0.15) is 12.5 Å². The molecule has 2 rings (SSSR count). The zero-order valence-electron chi connectivity index (χ0n) is 15.6. The monoisotopic (exact) mass is 435 g/mol. The summed E-state index contributed by atoms with van der Waals surface area (Å²) in [4.78, 5) is 28.0. The number of rotatable bonds is 7. The van der Waals surface area contributed by atoms with Crippen LogP contribution in [0, 0.1) is 12.7 Å². The summed E-state index contributed by atoms with van der Waals surface area (Å²) in [5.41, 5.74) is 2.32. The van der Waals surface area contributed by atoms with Crippen molar-refractivity contribution in [1.29, 1.82) is 0 Å². The van der Waals surface area contributed by atoms with Gasteiger partial charge in [-0.3, -0.25) is 14.5 Å². The predicted molar refractivity (Wildman–Crippen MR) is 109 cm³/mol. The summed E-state index contributed by atoms with van der Waals surface area (Å²) in [7, 11) is 1.71. The zero-order chi connectivity index (χ0) is 20.0. The van der Waals surface area contributed by atoms with Crippen LogP contribution in [0.25, 0.3) is 0 Å². The van der Waals surface area contributed by atoms with Crippen molar-refractivity contribution in [3.8, 4) is 0 Å². The minimum absolute atomic E-state index is 0.0813. The maximum atomic E-state index is 13.1. The van der Waals surface area contributed by atoms with E-state index in [4.69, 9.17) is 0 Å². The number of amides is 2. The van der Waals surface area contributed by atoms with Crippen LogP contribution in [0.2, 0.25) is 0 Å². The molecule has 7 heteroatoms.